The number of hydrogen-bond acceptors (Lipinski definition) is 14. The van der Waals surface area contributed by atoms with E-state index < -0.39 is 61.2 Å². The molecular formula is C32H32O14. The quantitative estimate of drug-likeness (QED) is 0.260. The highest BCUT2D eigenvalue weighted by molar-refractivity contribution is 5.84. The van der Waals surface area contributed by atoms with E-state index in [0.29, 0.717) is 41.6 Å². The highest BCUT2D eigenvalue weighted by Crippen LogP contribution is 2.36. The Morgan fingerprint density at radius 2 is 1.43 bits per heavy atom. The zero-order valence-electron chi connectivity index (χ0n) is 25.7. The monoisotopic (exact) mass is 640 g/mol. The Balaban J connectivity index is 1.50. The highest BCUT2D eigenvalue weighted by Gasteiger charge is 2.53. The molecule has 0 aliphatic carbocycles. The van der Waals surface area contributed by atoms with Crippen LogP contribution in [0.15, 0.2) is 45.6 Å². The molecule has 14 nitrogen and oxygen atoms in total. The van der Waals surface area contributed by atoms with E-state index in [2.05, 4.69) is 0 Å². The molecule has 2 aromatic carbocycles. The van der Waals surface area contributed by atoms with Gasteiger partial charge in [-0.05, 0) is 36.8 Å². The van der Waals surface area contributed by atoms with Crippen LogP contribution in [0.5, 0.6) is 17.2 Å². The molecule has 3 heterocycles. The van der Waals surface area contributed by atoms with Crippen LogP contribution in [0.1, 0.15) is 33.5 Å². The lowest BCUT2D eigenvalue weighted by molar-refractivity contribution is -0.288. The molecule has 0 amide bonds. The van der Waals surface area contributed by atoms with Gasteiger partial charge in [0.05, 0.1) is 10.9 Å². The maximum absolute atomic E-state index is 13.6. The Morgan fingerprint density at radius 3 is 2.11 bits per heavy atom. The van der Waals surface area contributed by atoms with Gasteiger partial charge >= 0.3 is 23.9 Å². The van der Waals surface area contributed by atoms with Crippen molar-refractivity contribution in [2.75, 3.05) is 19.8 Å². The van der Waals surface area contributed by atoms with Gasteiger partial charge in [-0.1, -0.05) is 6.07 Å². The molecule has 2 aliphatic rings. The first-order chi connectivity index (χ1) is 21.9. The number of benzene rings is 2. The van der Waals surface area contributed by atoms with Crippen molar-refractivity contribution in [2.24, 2.45) is 0 Å². The van der Waals surface area contributed by atoms with Gasteiger partial charge in [-0.2, -0.15) is 0 Å². The Hall–Kier alpha value is -5.11. The summed E-state index contributed by atoms with van der Waals surface area (Å²) in [5, 5.41) is 0.254. The molecule has 5 rings (SSSR count). The smallest absolute Gasteiger partial charge is 0.303 e. The fraction of sp³-hybridized carbons (Fsp3) is 0.406. The molecular weight excluding hydrogens is 608 g/mol. The van der Waals surface area contributed by atoms with Crippen LogP contribution in [-0.2, 0) is 42.9 Å². The third kappa shape index (κ3) is 7.07. The number of fused-ring (bicyclic) bond motifs is 2. The van der Waals surface area contributed by atoms with Gasteiger partial charge < -0.3 is 42.3 Å². The normalized spacial score (nSPS) is 22.0. The summed E-state index contributed by atoms with van der Waals surface area (Å²) in [5.74, 6) is -1.38. The minimum Gasteiger partial charge on any atom is -0.486 e. The van der Waals surface area contributed by atoms with Gasteiger partial charge in [0.1, 0.15) is 43.0 Å². The zero-order chi connectivity index (χ0) is 33.1. The first-order valence-corrected chi connectivity index (χ1v) is 14.4. The molecule has 0 saturated carbocycles. The van der Waals surface area contributed by atoms with E-state index in [9.17, 15) is 24.0 Å². The molecule has 1 saturated heterocycles. The Morgan fingerprint density at radius 1 is 0.783 bits per heavy atom. The number of rotatable bonds is 8. The molecule has 1 fully saturated rings. The number of hydrogen-bond donors (Lipinski definition) is 0. The third-order valence-electron chi connectivity index (χ3n) is 7.07. The average molecular weight is 641 g/mol. The van der Waals surface area contributed by atoms with Crippen molar-refractivity contribution >= 4 is 34.8 Å². The van der Waals surface area contributed by atoms with Crippen molar-refractivity contribution in [1.29, 1.82) is 0 Å². The minimum atomic E-state index is -1.46. The summed E-state index contributed by atoms with van der Waals surface area (Å²) in [4.78, 5) is 61.4. The first kappa shape index (κ1) is 32.3. The molecule has 0 spiro atoms. The summed E-state index contributed by atoms with van der Waals surface area (Å²) in [7, 11) is 0. The second kappa shape index (κ2) is 13.5. The van der Waals surface area contributed by atoms with Crippen LogP contribution in [-0.4, -0.2) is 74.4 Å². The van der Waals surface area contributed by atoms with Crippen LogP contribution in [0.25, 0.3) is 22.1 Å². The van der Waals surface area contributed by atoms with E-state index in [1.54, 1.807) is 25.1 Å². The van der Waals surface area contributed by atoms with Gasteiger partial charge in [-0.3, -0.25) is 24.0 Å². The van der Waals surface area contributed by atoms with Crippen molar-refractivity contribution in [3.63, 3.8) is 0 Å². The van der Waals surface area contributed by atoms with E-state index in [1.165, 1.54) is 25.1 Å². The number of carbonyl (C=O) groups excluding carboxylic acids is 4. The summed E-state index contributed by atoms with van der Waals surface area (Å²) in [6, 6.07) is 9.64. The molecule has 0 unspecified atom stereocenters. The van der Waals surface area contributed by atoms with Gasteiger partial charge in [0.25, 0.3) is 0 Å². The average Bonchev–Trinajstić information content (AvgIpc) is 2.98. The highest BCUT2D eigenvalue weighted by atomic mass is 16.7. The van der Waals surface area contributed by atoms with Crippen LogP contribution in [0.3, 0.4) is 0 Å². The first-order valence-electron chi connectivity index (χ1n) is 14.4. The molecule has 244 valence electrons. The van der Waals surface area contributed by atoms with Gasteiger partial charge in [0.15, 0.2) is 23.7 Å². The molecule has 2 aliphatic heterocycles. The fourth-order valence-electron chi connectivity index (χ4n) is 5.31. The maximum Gasteiger partial charge on any atom is 0.303 e. The number of aryl methyl sites for hydroxylation is 1. The van der Waals surface area contributed by atoms with E-state index in [0.717, 1.165) is 20.8 Å². The SMILES string of the molecule is CC(=O)OC[C@@H]1O[C@@H](Oc2ccc3c(=O)c(-c4ccc5c(c4)OCCO5)c(C)oc3c2)[C@@H](OC(C)=O)[C@H](OC(C)=O)[C@H]1OC(C)=O. The summed E-state index contributed by atoms with van der Waals surface area (Å²) >= 11 is 0. The number of carbonyl (C=O) groups is 4. The Bertz CT molecular complexity index is 1730. The molecule has 1 aromatic heterocycles. The summed E-state index contributed by atoms with van der Waals surface area (Å²) in [6.45, 7) is 6.62. The van der Waals surface area contributed by atoms with Gasteiger partial charge in [0, 0.05) is 33.8 Å². The second-order valence-electron chi connectivity index (χ2n) is 10.6. The summed E-state index contributed by atoms with van der Waals surface area (Å²) < 4.78 is 50.7. The van der Waals surface area contributed by atoms with Crippen LogP contribution < -0.4 is 19.6 Å². The van der Waals surface area contributed by atoms with Crippen molar-refractivity contribution in [3.8, 4) is 28.4 Å². The van der Waals surface area contributed by atoms with Crippen LogP contribution in [0.2, 0.25) is 0 Å². The van der Waals surface area contributed by atoms with Gasteiger partial charge in [-0.25, -0.2) is 0 Å². The topological polar surface area (TPSA) is 172 Å². The van der Waals surface area contributed by atoms with Crippen LogP contribution in [0.4, 0.5) is 0 Å². The lowest BCUT2D eigenvalue weighted by Crippen LogP contribution is -2.63. The van der Waals surface area contributed by atoms with E-state index in [1.807, 2.05) is 0 Å². The molecule has 46 heavy (non-hydrogen) atoms. The molecule has 0 bridgehead atoms. The predicted octanol–water partition coefficient (Wildman–Crippen LogP) is 3.00. The number of ether oxygens (including phenoxy) is 8. The Labute approximate surface area is 262 Å². The minimum absolute atomic E-state index is 0.128. The number of esters is 4. The van der Waals surface area contributed by atoms with Crippen molar-refractivity contribution in [3.05, 3.63) is 52.4 Å². The maximum atomic E-state index is 13.6. The fourth-order valence-corrected chi connectivity index (χ4v) is 5.31. The zero-order valence-corrected chi connectivity index (χ0v) is 25.7. The second-order valence-corrected chi connectivity index (χ2v) is 10.6. The van der Waals surface area contributed by atoms with Gasteiger partial charge in [0.2, 0.25) is 17.8 Å². The van der Waals surface area contributed by atoms with Crippen LogP contribution >= 0.6 is 0 Å². The van der Waals surface area contributed by atoms with Crippen molar-refractivity contribution in [2.45, 2.75) is 65.3 Å². The lowest BCUT2D eigenvalue weighted by Gasteiger charge is -2.43. The molecule has 0 N–H and O–H groups in total. The van der Waals surface area contributed by atoms with Gasteiger partial charge in [-0.15, -0.1) is 0 Å². The van der Waals surface area contributed by atoms with E-state index in [4.69, 9.17) is 42.3 Å². The van der Waals surface area contributed by atoms with E-state index >= 15 is 0 Å². The third-order valence-corrected chi connectivity index (χ3v) is 7.07. The van der Waals surface area contributed by atoms with E-state index in [-0.39, 0.29) is 22.1 Å². The molecule has 5 atom stereocenters. The van der Waals surface area contributed by atoms with Crippen LogP contribution in [0, 0.1) is 6.92 Å². The van der Waals surface area contributed by atoms with Crippen molar-refractivity contribution < 1.29 is 61.5 Å². The predicted molar refractivity (Wildman–Crippen MR) is 156 cm³/mol. The molecule has 0 radical (unpaired) electrons. The summed E-state index contributed by atoms with van der Waals surface area (Å²) in [5.41, 5.74) is 0.828. The summed E-state index contributed by atoms with van der Waals surface area (Å²) in [6.07, 6.45) is -6.81. The largest absolute Gasteiger partial charge is 0.486 e. The molecule has 3 aromatic rings. The van der Waals surface area contributed by atoms with Crippen molar-refractivity contribution in [1.82, 2.24) is 0 Å². The lowest BCUT2D eigenvalue weighted by atomic mass is 9.98. The standard InChI is InChI=1S/C32H32O14/c1-15-27(20-6-9-23-25(12-20)39-11-10-38-23)28(37)22-8-7-21(13-24(22)41-15)45-32-31(44-19(5)36)30(43-18(4)35)29(42-17(3)34)26(46-32)14-40-16(2)33/h6-9,12-13,26,29-32H,10-11,14H2,1-5H3/t26-,29-,30+,31-,32+/m0/s1. The Kier molecular flexibility index (Phi) is 9.46. The molecule has 14 heteroatoms.